The molecule has 0 bridgehead atoms. The van der Waals surface area contributed by atoms with Gasteiger partial charge in [0.15, 0.2) is 0 Å². The van der Waals surface area contributed by atoms with Gasteiger partial charge in [0.25, 0.3) is 0 Å². The average molecular weight is 402 g/mol. The van der Waals surface area contributed by atoms with Crippen molar-refractivity contribution in [2.24, 2.45) is 0 Å². The fraction of sp³-hybridized carbons (Fsp3) is 0.389. The Bertz CT molecular complexity index is 729. The number of thiophene rings is 1. The first kappa shape index (κ1) is 20.0. The molecule has 0 radical (unpaired) electrons. The van der Waals surface area contributed by atoms with Gasteiger partial charge in [-0.2, -0.15) is 0 Å². The third kappa shape index (κ3) is 5.35. The molecule has 0 spiro atoms. The minimum atomic E-state index is -0.423. The van der Waals surface area contributed by atoms with E-state index in [9.17, 15) is 4.79 Å². The number of hydrogen-bond donors (Lipinski definition) is 0. The molecule has 0 atom stereocenters. The summed E-state index contributed by atoms with van der Waals surface area (Å²) in [7, 11) is 1.35. The Kier molecular flexibility index (Phi) is 7.56. The number of nitrogens with zero attached hydrogens (tertiary/aromatic N) is 1. The van der Waals surface area contributed by atoms with Crippen LogP contribution in [0.2, 0.25) is 8.67 Å². The summed E-state index contributed by atoms with van der Waals surface area (Å²) in [5, 5.41) is 0. The number of carbonyl (C=O) groups excluding carboxylic acids is 1. The minimum absolute atomic E-state index is 0.413. The van der Waals surface area contributed by atoms with Crippen molar-refractivity contribution >= 4 is 40.5 Å². The van der Waals surface area contributed by atoms with Crippen molar-refractivity contribution in [2.45, 2.75) is 13.8 Å². The molecule has 136 valence electrons. The van der Waals surface area contributed by atoms with E-state index >= 15 is 0 Å². The first-order chi connectivity index (χ1) is 12.0. The second kappa shape index (κ2) is 9.43. The third-order valence-electron chi connectivity index (χ3n) is 3.87. The zero-order valence-corrected chi connectivity index (χ0v) is 16.8. The van der Waals surface area contributed by atoms with Gasteiger partial charge in [0.1, 0.15) is 16.7 Å². The lowest BCUT2D eigenvalue weighted by molar-refractivity contribution is 0.0600. The van der Waals surface area contributed by atoms with Gasteiger partial charge in [-0.25, -0.2) is 4.79 Å². The van der Waals surface area contributed by atoms with E-state index in [0.29, 0.717) is 26.6 Å². The Labute approximate surface area is 162 Å². The number of rotatable bonds is 8. The topological polar surface area (TPSA) is 38.8 Å². The molecule has 0 unspecified atom stereocenters. The Balaban J connectivity index is 2.28. The van der Waals surface area contributed by atoms with Gasteiger partial charge in [-0.15, -0.1) is 11.3 Å². The van der Waals surface area contributed by atoms with Crippen LogP contribution in [0.4, 0.5) is 0 Å². The average Bonchev–Trinajstić information content (AvgIpc) is 2.96. The maximum Gasteiger partial charge on any atom is 0.338 e. The molecule has 0 aliphatic heterocycles. The number of halogens is 2. The summed E-state index contributed by atoms with van der Waals surface area (Å²) in [5.41, 5.74) is 1.96. The summed E-state index contributed by atoms with van der Waals surface area (Å²) in [6, 6.07) is 7.05. The second-order valence-electron chi connectivity index (χ2n) is 5.35. The van der Waals surface area contributed by atoms with Crippen LogP contribution in [0.15, 0.2) is 24.3 Å². The molecular weight excluding hydrogens is 381 g/mol. The quantitative estimate of drug-likeness (QED) is 0.567. The number of esters is 1. The first-order valence-electron chi connectivity index (χ1n) is 8.02. The predicted octanol–water partition coefficient (Wildman–Crippen LogP) is 5.23. The van der Waals surface area contributed by atoms with Gasteiger partial charge in [-0.3, -0.25) is 0 Å². The van der Waals surface area contributed by atoms with Gasteiger partial charge in [-0.05, 0) is 42.9 Å². The van der Waals surface area contributed by atoms with Gasteiger partial charge in [-0.1, -0.05) is 37.0 Å². The summed E-state index contributed by atoms with van der Waals surface area (Å²) in [6.07, 6.45) is 0. The molecule has 0 N–H and O–H groups in total. The first-order valence-corrected chi connectivity index (χ1v) is 9.59. The van der Waals surface area contributed by atoms with Gasteiger partial charge < -0.3 is 14.4 Å². The SMILES string of the molecule is CCN(CC)CCOc1cc(C(=O)OC)cc(-c2cc(Cl)sc2Cl)c1. The predicted molar refractivity (Wildman–Crippen MR) is 104 cm³/mol. The molecule has 0 aliphatic carbocycles. The van der Waals surface area contributed by atoms with Gasteiger partial charge >= 0.3 is 5.97 Å². The van der Waals surface area contributed by atoms with Crippen LogP contribution in [0.5, 0.6) is 5.75 Å². The van der Waals surface area contributed by atoms with Crippen molar-refractivity contribution in [2.75, 3.05) is 33.4 Å². The Morgan fingerprint density at radius 2 is 1.88 bits per heavy atom. The van der Waals surface area contributed by atoms with Crippen molar-refractivity contribution in [1.29, 1.82) is 0 Å². The summed E-state index contributed by atoms with van der Waals surface area (Å²) >= 11 is 13.6. The van der Waals surface area contributed by atoms with Gasteiger partial charge in [0.05, 0.1) is 17.0 Å². The summed E-state index contributed by atoms with van der Waals surface area (Å²) in [4.78, 5) is 14.2. The highest BCUT2D eigenvalue weighted by Gasteiger charge is 2.15. The number of ether oxygens (including phenoxy) is 2. The highest BCUT2D eigenvalue weighted by atomic mass is 35.5. The zero-order chi connectivity index (χ0) is 18.4. The number of likely N-dealkylation sites (N-methyl/N-ethyl adjacent to an activating group) is 1. The van der Waals surface area contributed by atoms with Crippen molar-refractivity contribution in [3.05, 3.63) is 38.5 Å². The molecule has 0 amide bonds. The van der Waals surface area contributed by atoms with Crippen molar-refractivity contribution in [1.82, 2.24) is 4.90 Å². The maximum atomic E-state index is 12.0. The number of hydrogen-bond acceptors (Lipinski definition) is 5. The molecule has 0 fully saturated rings. The van der Waals surface area contributed by atoms with Crippen LogP contribution in [0, 0.1) is 0 Å². The lowest BCUT2D eigenvalue weighted by Gasteiger charge is -2.18. The van der Waals surface area contributed by atoms with Crippen LogP contribution in [-0.2, 0) is 4.74 Å². The van der Waals surface area contributed by atoms with Crippen LogP contribution >= 0.6 is 34.5 Å². The van der Waals surface area contributed by atoms with E-state index in [4.69, 9.17) is 32.7 Å². The van der Waals surface area contributed by atoms with Crippen LogP contribution in [0.25, 0.3) is 11.1 Å². The summed E-state index contributed by atoms with van der Waals surface area (Å²) < 4.78 is 11.9. The van der Waals surface area contributed by atoms with Crippen molar-refractivity contribution in [3.8, 4) is 16.9 Å². The normalized spacial score (nSPS) is 11.0. The van der Waals surface area contributed by atoms with Gasteiger partial charge in [0.2, 0.25) is 0 Å². The lowest BCUT2D eigenvalue weighted by Crippen LogP contribution is -2.27. The van der Waals surface area contributed by atoms with E-state index in [1.807, 2.05) is 6.07 Å². The number of carbonyl (C=O) groups is 1. The molecule has 1 aromatic carbocycles. The number of methoxy groups -OCH3 is 1. The third-order valence-corrected chi connectivity index (χ3v) is 5.35. The molecule has 4 nitrogen and oxygen atoms in total. The molecule has 1 aromatic heterocycles. The smallest absolute Gasteiger partial charge is 0.338 e. The van der Waals surface area contributed by atoms with Crippen LogP contribution < -0.4 is 4.74 Å². The fourth-order valence-electron chi connectivity index (χ4n) is 2.44. The summed E-state index contributed by atoms with van der Waals surface area (Å²) in [6.45, 7) is 7.51. The number of benzene rings is 1. The highest BCUT2D eigenvalue weighted by molar-refractivity contribution is 7.20. The van der Waals surface area contributed by atoms with Gasteiger partial charge in [0, 0.05) is 12.1 Å². The lowest BCUT2D eigenvalue weighted by atomic mass is 10.1. The molecule has 0 aliphatic rings. The molecule has 2 aromatic rings. The van der Waals surface area contributed by atoms with Crippen molar-refractivity contribution in [3.63, 3.8) is 0 Å². The monoisotopic (exact) mass is 401 g/mol. The van der Waals surface area contributed by atoms with Crippen LogP contribution in [-0.4, -0.2) is 44.2 Å². The molecular formula is C18H21Cl2NO3S. The van der Waals surface area contributed by atoms with E-state index < -0.39 is 5.97 Å². The molecule has 0 saturated carbocycles. The molecule has 0 saturated heterocycles. The van der Waals surface area contributed by atoms with Crippen LogP contribution in [0.1, 0.15) is 24.2 Å². The summed E-state index contributed by atoms with van der Waals surface area (Å²) in [5.74, 6) is 0.177. The molecule has 7 heteroatoms. The zero-order valence-electron chi connectivity index (χ0n) is 14.5. The van der Waals surface area contributed by atoms with E-state index in [0.717, 1.165) is 30.8 Å². The molecule has 2 rings (SSSR count). The molecule has 1 heterocycles. The van der Waals surface area contributed by atoms with Crippen LogP contribution in [0.3, 0.4) is 0 Å². The van der Waals surface area contributed by atoms with E-state index in [1.54, 1.807) is 18.2 Å². The standard InChI is InChI=1S/C18H21Cl2NO3S/c1-4-21(5-2)6-7-24-14-9-12(8-13(10-14)18(22)23-3)15-11-16(19)25-17(15)20/h8-11H,4-7H2,1-3H3. The fourth-order valence-corrected chi connectivity index (χ4v) is 3.95. The maximum absolute atomic E-state index is 12.0. The largest absolute Gasteiger partial charge is 0.492 e. The Morgan fingerprint density at radius 3 is 2.44 bits per heavy atom. The van der Waals surface area contributed by atoms with Crippen molar-refractivity contribution < 1.29 is 14.3 Å². The molecule has 25 heavy (non-hydrogen) atoms. The minimum Gasteiger partial charge on any atom is -0.492 e. The van der Waals surface area contributed by atoms with E-state index in [1.165, 1.54) is 18.4 Å². The van der Waals surface area contributed by atoms with E-state index in [-0.39, 0.29) is 0 Å². The Hall–Kier alpha value is -1.27. The Morgan fingerprint density at radius 1 is 1.16 bits per heavy atom. The second-order valence-corrected chi connectivity index (χ2v) is 7.64. The highest BCUT2D eigenvalue weighted by Crippen LogP contribution is 2.39. The van der Waals surface area contributed by atoms with E-state index in [2.05, 4.69) is 18.7 Å².